The molecule has 0 radical (unpaired) electrons. The molecule has 9 heteroatoms. The van der Waals surface area contributed by atoms with Crippen LogP contribution in [0.1, 0.15) is 38.7 Å². The van der Waals surface area contributed by atoms with Crippen LogP contribution in [-0.4, -0.2) is 50.6 Å². The van der Waals surface area contributed by atoms with Gasteiger partial charge in [0.2, 0.25) is 6.29 Å². The summed E-state index contributed by atoms with van der Waals surface area (Å²) in [6.07, 6.45) is 1.15. The van der Waals surface area contributed by atoms with Crippen LogP contribution in [0.15, 0.2) is 12.1 Å². The molecule has 2 aliphatic heterocycles. The first-order valence-electron chi connectivity index (χ1n) is 9.81. The highest BCUT2D eigenvalue weighted by Gasteiger charge is 2.59. The third kappa shape index (κ3) is 3.83. The molecular formula is C20H25FN3O5+. The van der Waals surface area contributed by atoms with Crippen LogP contribution in [0, 0.1) is 17.1 Å². The van der Waals surface area contributed by atoms with E-state index < -0.39 is 34.6 Å². The molecule has 0 aliphatic carbocycles. The van der Waals surface area contributed by atoms with Gasteiger partial charge in [0, 0.05) is 31.8 Å². The molecule has 2 fully saturated rings. The number of piperidine rings is 1. The largest absolute Gasteiger partial charge is 0.461 e. The van der Waals surface area contributed by atoms with Crippen molar-refractivity contribution in [2.45, 2.75) is 45.4 Å². The fraction of sp³-hybridized carbons (Fsp3) is 0.550. The van der Waals surface area contributed by atoms with Gasteiger partial charge in [-0.15, -0.1) is 0 Å². The summed E-state index contributed by atoms with van der Waals surface area (Å²) in [5.74, 6) is -1.03. The zero-order valence-corrected chi connectivity index (χ0v) is 16.6. The smallest absolute Gasteiger partial charge is 0.429 e. The number of carbonyl (C=O) groups excluding carboxylic acids is 2. The van der Waals surface area contributed by atoms with Crippen molar-refractivity contribution >= 4 is 17.6 Å². The maximum absolute atomic E-state index is 15.1. The zero-order chi connectivity index (χ0) is 21.0. The van der Waals surface area contributed by atoms with Crippen molar-refractivity contribution < 1.29 is 28.2 Å². The summed E-state index contributed by atoms with van der Waals surface area (Å²) in [7, 11) is 0. The minimum Gasteiger partial charge on any atom is -0.461 e. The lowest BCUT2D eigenvalue weighted by molar-refractivity contribution is -0.122. The highest BCUT2D eigenvalue weighted by Crippen LogP contribution is 2.41. The van der Waals surface area contributed by atoms with Crippen molar-refractivity contribution in [3.8, 4) is 11.8 Å². The highest BCUT2D eigenvalue weighted by atomic mass is 19.1. The average Bonchev–Trinajstić information content (AvgIpc) is 2.98. The van der Waals surface area contributed by atoms with E-state index in [1.54, 1.807) is 6.92 Å². The van der Waals surface area contributed by atoms with Crippen LogP contribution < -0.4 is 14.5 Å². The second-order valence-electron chi connectivity index (χ2n) is 6.97. The first-order chi connectivity index (χ1) is 14.0. The van der Waals surface area contributed by atoms with Gasteiger partial charge in [0.15, 0.2) is 17.5 Å². The van der Waals surface area contributed by atoms with Gasteiger partial charge in [-0.2, -0.15) is 9.74 Å². The normalized spacial score (nSPS) is 24.6. The Bertz CT molecular complexity index is 840. The topological polar surface area (TPSA) is 97.7 Å². The Labute approximate surface area is 168 Å². The van der Waals surface area contributed by atoms with Crippen molar-refractivity contribution in [1.29, 1.82) is 5.26 Å². The number of ether oxygens (including phenoxy) is 3. The number of imide groups is 1. The predicted octanol–water partition coefficient (Wildman–Crippen LogP) is 2.58. The number of halogens is 1. The molecule has 3 amide bonds. The number of rotatable bonds is 8. The Morgan fingerprint density at radius 1 is 1.31 bits per heavy atom. The number of urea groups is 1. The third-order valence-corrected chi connectivity index (χ3v) is 5.33. The van der Waals surface area contributed by atoms with Crippen molar-refractivity contribution in [2.75, 3.05) is 26.4 Å². The third-order valence-electron chi connectivity index (χ3n) is 5.33. The van der Waals surface area contributed by atoms with Crippen molar-refractivity contribution in [3.05, 3.63) is 23.5 Å². The van der Waals surface area contributed by atoms with Crippen LogP contribution in [0.5, 0.6) is 5.75 Å². The van der Waals surface area contributed by atoms with Crippen molar-refractivity contribution in [3.63, 3.8) is 0 Å². The van der Waals surface area contributed by atoms with Gasteiger partial charge in [-0.1, -0.05) is 0 Å². The second-order valence-corrected chi connectivity index (χ2v) is 6.97. The number of carbonyl (C=O) groups is 2. The van der Waals surface area contributed by atoms with Gasteiger partial charge < -0.3 is 14.2 Å². The molecule has 0 aromatic heterocycles. The molecule has 3 atom stereocenters. The summed E-state index contributed by atoms with van der Waals surface area (Å²) in [5.41, 5.74) is 0.00357. The maximum Gasteiger partial charge on any atom is 0.429 e. The quantitative estimate of drug-likeness (QED) is 0.405. The van der Waals surface area contributed by atoms with Crippen LogP contribution in [-0.2, 0) is 14.3 Å². The number of hydrogen-bond donors (Lipinski definition) is 1. The van der Waals surface area contributed by atoms with E-state index in [9.17, 15) is 14.9 Å². The molecular weight excluding hydrogens is 381 g/mol. The molecule has 8 nitrogen and oxygen atoms in total. The van der Waals surface area contributed by atoms with Crippen molar-refractivity contribution in [1.82, 2.24) is 9.80 Å². The maximum atomic E-state index is 15.1. The van der Waals surface area contributed by atoms with Crippen LogP contribution in [0.2, 0.25) is 0 Å². The van der Waals surface area contributed by atoms with E-state index in [0.717, 1.165) is 12.5 Å². The first-order valence-corrected chi connectivity index (χ1v) is 9.81. The summed E-state index contributed by atoms with van der Waals surface area (Å²) in [5, 5.41) is 11.8. The van der Waals surface area contributed by atoms with E-state index in [1.165, 1.54) is 6.07 Å². The Morgan fingerprint density at radius 3 is 2.79 bits per heavy atom. The molecule has 0 saturated carbocycles. The molecule has 156 valence electrons. The number of fused-ring (bicyclic) bond motifs is 1. The van der Waals surface area contributed by atoms with E-state index in [2.05, 4.69) is 5.32 Å². The van der Waals surface area contributed by atoms with Gasteiger partial charge in [-0.3, -0.25) is 4.79 Å². The molecule has 3 unspecified atom stereocenters. The van der Waals surface area contributed by atoms with E-state index >= 15 is 4.39 Å². The number of amides is 3. The Kier molecular flexibility index (Phi) is 6.47. The molecule has 1 aromatic rings. The molecule has 2 aliphatic rings. The number of benzene rings is 1. The molecule has 2 saturated heterocycles. The minimum atomic E-state index is -0.795. The second kappa shape index (κ2) is 8.86. The summed E-state index contributed by atoms with van der Waals surface area (Å²) in [4.78, 5) is 25.1. The Morgan fingerprint density at radius 2 is 2.10 bits per heavy atom. The fourth-order valence-corrected chi connectivity index (χ4v) is 4.03. The summed E-state index contributed by atoms with van der Waals surface area (Å²) < 4.78 is 31.3. The van der Waals surface area contributed by atoms with Crippen LogP contribution >= 0.6 is 0 Å². The van der Waals surface area contributed by atoms with Gasteiger partial charge in [0.1, 0.15) is 18.4 Å². The van der Waals surface area contributed by atoms with Gasteiger partial charge in [-0.25, -0.2) is 14.5 Å². The lowest BCUT2D eigenvalue weighted by atomic mass is 9.97. The number of hydrogen-bond acceptors (Lipinski definition) is 6. The van der Waals surface area contributed by atoms with E-state index in [-0.39, 0.29) is 23.6 Å². The minimum absolute atomic E-state index is 0.0230. The average molecular weight is 406 g/mol. The van der Waals surface area contributed by atoms with E-state index in [4.69, 9.17) is 14.2 Å². The lowest BCUT2D eigenvalue weighted by Crippen LogP contribution is -2.60. The number of nitrogens with one attached hydrogen (secondary N) is 1. The number of nitriles is 1. The number of nitrogens with zero attached hydrogens (tertiary/aromatic N) is 2. The number of quaternary nitrogens is 1. The summed E-state index contributed by atoms with van der Waals surface area (Å²) in [6, 6.07) is 3.07. The molecule has 1 aromatic carbocycles. The molecule has 2 heterocycles. The van der Waals surface area contributed by atoms with Crippen LogP contribution in [0.4, 0.5) is 14.9 Å². The van der Waals surface area contributed by atoms with Crippen LogP contribution in [0.25, 0.3) is 0 Å². The molecule has 29 heavy (non-hydrogen) atoms. The summed E-state index contributed by atoms with van der Waals surface area (Å²) >= 11 is 0. The van der Waals surface area contributed by atoms with Gasteiger partial charge in [0.25, 0.3) is 5.91 Å². The van der Waals surface area contributed by atoms with Crippen molar-refractivity contribution in [2.24, 2.45) is 0 Å². The SMILES string of the molecule is CCOCC(OCC)Oc1cc([N+]23CCCCC2C(=O)NC3=O)c(F)cc1C#N. The Balaban J connectivity index is 2.04. The van der Waals surface area contributed by atoms with E-state index in [0.29, 0.717) is 32.6 Å². The molecule has 0 spiro atoms. The molecule has 3 rings (SSSR count). The zero-order valence-electron chi connectivity index (χ0n) is 16.6. The summed E-state index contributed by atoms with van der Waals surface area (Å²) in [6.45, 7) is 4.86. The monoisotopic (exact) mass is 406 g/mol. The Hall–Kier alpha value is -2.54. The predicted molar refractivity (Wildman–Crippen MR) is 101 cm³/mol. The van der Waals surface area contributed by atoms with Gasteiger partial charge in [0.05, 0.1) is 12.1 Å². The molecule has 0 bridgehead atoms. The fourth-order valence-electron chi connectivity index (χ4n) is 4.03. The first kappa shape index (κ1) is 21.2. The van der Waals surface area contributed by atoms with Crippen LogP contribution in [0.3, 0.4) is 0 Å². The molecule has 1 N–H and O–H groups in total. The van der Waals surface area contributed by atoms with Gasteiger partial charge in [-0.05, 0) is 26.7 Å². The highest BCUT2D eigenvalue weighted by molar-refractivity contribution is 6.11. The lowest BCUT2D eigenvalue weighted by Gasteiger charge is -2.37. The standard InChI is InChI=1S/C20H24FN3O5/c1-3-27-12-18(28-4-2)29-17-10-16(14(21)9-13(17)11-22)24-8-6-5-7-15(24)19(25)23-20(24)26/h9-10,15,18H,3-8,12H2,1-2H3/p+1. The van der Waals surface area contributed by atoms with E-state index in [1.807, 2.05) is 13.0 Å². The van der Waals surface area contributed by atoms with Gasteiger partial charge >= 0.3 is 6.03 Å².